The van der Waals surface area contributed by atoms with Gasteiger partial charge in [-0.15, -0.1) is 0 Å². The van der Waals surface area contributed by atoms with Crippen LogP contribution >= 0.6 is 0 Å². The molecule has 0 fully saturated rings. The van der Waals surface area contributed by atoms with Crippen molar-refractivity contribution in [3.05, 3.63) is 35.1 Å². The highest BCUT2D eigenvalue weighted by Crippen LogP contribution is 2.37. The molecule has 18 heavy (non-hydrogen) atoms. The van der Waals surface area contributed by atoms with Crippen molar-refractivity contribution in [1.29, 1.82) is 0 Å². The molecule has 1 aromatic rings. The van der Waals surface area contributed by atoms with Crippen LogP contribution in [-0.4, -0.2) is 6.18 Å². The second-order valence-electron chi connectivity index (χ2n) is 3.66. The van der Waals surface area contributed by atoms with Crippen LogP contribution in [0.3, 0.4) is 0 Å². The number of hydrogen-bond donors (Lipinski definition) is 1. The van der Waals surface area contributed by atoms with Gasteiger partial charge in [-0.25, -0.2) is 4.39 Å². The fraction of sp³-hybridized carbons (Fsp3) is 0.400. The monoisotopic (exact) mass is 275 g/mol. The summed E-state index contributed by atoms with van der Waals surface area (Å²) >= 11 is 0. The van der Waals surface area contributed by atoms with Crippen LogP contribution in [0.5, 0.6) is 0 Å². The van der Waals surface area contributed by atoms with Crippen molar-refractivity contribution in [1.82, 2.24) is 0 Å². The smallest absolute Gasteiger partial charge is 0.324 e. The first kappa shape index (κ1) is 14.7. The van der Waals surface area contributed by atoms with Crippen LogP contribution in [0.4, 0.5) is 30.7 Å². The first-order chi connectivity index (χ1) is 8.00. The predicted molar refractivity (Wildman–Crippen MR) is 49.0 cm³/mol. The molecule has 0 bridgehead atoms. The number of hydrogen-bond acceptors (Lipinski definition) is 1. The Bertz CT molecular complexity index is 421. The Morgan fingerprint density at radius 2 is 1.61 bits per heavy atom. The van der Waals surface area contributed by atoms with Gasteiger partial charge in [-0.3, -0.25) is 0 Å². The number of nitrogens with two attached hydrogens (primary N) is 1. The van der Waals surface area contributed by atoms with E-state index in [1.54, 1.807) is 0 Å². The first-order valence-corrected chi connectivity index (χ1v) is 4.69. The second kappa shape index (κ2) is 4.75. The lowest BCUT2D eigenvalue weighted by atomic mass is 9.98. The Labute approximate surface area is 97.4 Å². The van der Waals surface area contributed by atoms with Gasteiger partial charge in [0.1, 0.15) is 5.82 Å². The Balaban J connectivity index is 3.17. The zero-order valence-corrected chi connectivity index (χ0v) is 8.74. The van der Waals surface area contributed by atoms with Crippen molar-refractivity contribution in [3.63, 3.8) is 0 Å². The van der Waals surface area contributed by atoms with E-state index in [2.05, 4.69) is 0 Å². The van der Waals surface area contributed by atoms with Gasteiger partial charge in [-0.2, -0.15) is 26.3 Å². The SMILES string of the molecule is N[C@@H](CC(F)(F)F)c1cc(F)ccc1C(F)(F)F. The summed E-state index contributed by atoms with van der Waals surface area (Å²) in [6.45, 7) is 0. The normalized spacial score (nSPS) is 14.7. The van der Waals surface area contributed by atoms with E-state index in [0.29, 0.717) is 18.2 Å². The predicted octanol–water partition coefficient (Wildman–Crippen LogP) is 3.80. The van der Waals surface area contributed by atoms with Crippen molar-refractivity contribution in [2.45, 2.75) is 24.8 Å². The summed E-state index contributed by atoms with van der Waals surface area (Å²) < 4.78 is 86.6. The first-order valence-electron chi connectivity index (χ1n) is 4.69. The minimum atomic E-state index is -4.88. The summed E-state index contributed by atoms with van der Waals surface area (Å²) in [5, 5.41) is 0. The maximum Gasteiger partial charge on any atom is 0.416 e. The molecule has 0 unspecified atom stereocenters. The Kier molecular flexibility index (Phi) is 3.89. The Hall–Kier alpha value is -1.31. The van der Waals surface area contributed by atoms with E-state index in [9.17, 15) is 30.7 Å². The molecule has 2 N–H and O–H groups in total. The summed E-state index contributed by atoms with van der Waals surface area (Å²) in [6, 6.07) is -0.690. The lowest BCUT2D eigenvalue weighted by Gasteiger charge is -2.19. The van der Waals surface area contributed by atoms with Gasteiger partial charge in [-0.05, 0) is 23.8 Å². The molecule has 0 spiro atoms. The van der Waals surface area contributed by atoms with Crippen molar-refractivity contribution in [2.75, 3.05) is 0 Å². The van der Waals surface area contributed by atoms with E-state index in [1.807, 2.05) is 0 Å². The molecule has 0 radical (unpaired) electrons. The van der Waals surface area contributed by atoms with Crippen molar-refractivity contribution in [2.24, 2.45) is 5.73 Å². The van der Waals surface area contributed by atoms with E-state index < -0.39 is 41.8 Å². The van der Waals surface area contributed by atoms with E-state index in [4.69, 9.17) is 5.73 Å². The van der Waals surface area contributed by atoms with Crippen LogP contribution < -0.4 is 5.73 Å². The molecular formula is C10H8F7N. The zero-order valence-electron chi connectivity index (χ0n) is 8.74. The average Bonchev–Trinajstić information content (AvgIpc) is 2.12. The quantitative estimate of drug-likeness (QED) is 0.816. The highest BCUT2D eigenvalue weighted by Gasteiger charge is 2.38. The van der Waals surface area contributed by atoms with E-state index in [0.717, 1.165) is 0 Å². The summed E-state index contributed by atoms with van der Waals surface area (Å²) in [6.07, 6.45) is -11.3. The molecule has 1 rings (SSSR count). The van der Waals surface area contributed by atoms with Gasteiger partial charge in [-0.1, -0.05) is 0 Å². The molecule has 0 saturated carbocycles. The van der Waals surface area contributed by atoms with Crippen LogP contribution in [0.1, 0.15) is 23.6 Å². The van der Waals surface area contributed by atoms with Crippen molar-refractivity contribution in [3.8, 4) is 0 Å². The maximum absolute atomic E-state index is 12.8. The lowest BCUT2D eigenvalue weighted by Crippen LogP contribution is -2.23. The van der Waals surface area contributed by atoms with Crippen LogP contribution in [-0.2, 0) is 6.18 Å². The molecule has 1 nitrogen and oxygen atoms in total. The summed E-state index contributed by atoms with van der Waals surface area (Å²) in [5.41, 5.74) is 2.80. The molecule has 0 saturated heterocycles. The Morgan fingerprint density at radius 1 is 1.06 bits per heavy atom. The molecule has 8 heteroatoms. The van der Waals surface area contributed by atoms with Crippen molar-refractivity contribution < 1.29 is 30.7 Å². The molecule has 0 amide bonds. The van der Waals surface area contributed by atoms with Gasteiger partial charge in [0.05, 0.1) is 12.0 Å². The van der Waals surface area contributed by atoms with E-state index >= 15 is 0 Å². The van der Waals surface area contributed by atoms with Gasteiger partial charge in [0.25, 0.3) is 0 Å². The number of rotatable bonds is 2. The number of alkyl halides is 6. The van der Waals surface area contributed by atoms with E-state index in [1.165, 1.54) is 0 Å². The van der Waals surface area contributed by atoms with Gasteiger partial charge in [0.15, 0.2) is 0 Å². The van der Waals surface area contributed by atoms with Gasteiger partial charge >= 0.3 is 12.4 Å². The molecule has 0 aliphatic heterocycles. The molecule has 1 aromatic carbocycles. The zero-order chi connectivity index (χ0) is 14.1. The fourth-order valence-corrected chi connectivity index (χ4v) is 1.46. The molecular weight excluding hydrogens is 267 g/mol. The third-order valence-electron chi connectivity index (χ3n) is 2.17. The molecule has 102 valence electrons. The van der Waals surface area contributed by atoms with Gasteiger partial charge in [0.2, 0.25) is 0 Å². The van der Waals surface area contributed by atoms with Gasteiger partial charge in [0, 0.05) is 6.04 Å². The van der Waals surface area contributed by atoms with Crippen LogP contribution in [0.15, 0.2) is 18.2 Å². The van der Waals surface area contributed by atoms with E-state index in [-0.39, 0.29) is 0 Å². The highest BCUT2D eigenvalue weighted by atomic mass is 19.4. The molecule has 0 heterocycles. The van der Waals surface area contributed by atoms with Gasteiger partial charge < -0.3 is 5.73 Å². The highest BCUT2D eigenvalue weighted by molar-refractivity contribution is 5.33. The summed E-state index contributed by atoms with van der Waals surface area (Å²) in [7, 11) is 0. The third-order valence-corrected chi connectivity index (χ3v) is 2.17. The van der Waals surface area contributed by atoms with Crippen LogP contribution in [0, 0.1) is 5.82 Å². The fourth-order valence-electron chi connectivity index (χ4n) is 1.46. The largest absolute Gasteiger partial charge is 0.416 e. The molecule has 0 aliphatic carbocycles. The molecule has 1 atom stereocenters. The van der Waals surface area contributed by atoms with Crippen LogP contribution in [0.25, 0.3) is 0 Å². The standard InChI is InChI=1S/C10H8F7N/c11-5-1-2-7(10(15,16)17)6(3-5)8(18)4-9(12,13)14/h1-3,8H,4,18H2/t8-/m0/s1. The number of halogens is 7. The summed E-state index contributed by atoms with van der Waals surface area (Å²) in [4.78, 5) is 0. The minimum absolute atomic E-state index is 0.374. The topological polar surface area (TPSA) is 26.0 Å². The molecule has 0 aromatic heterocycles. The average molecular weight is 275 g/mol. The molecule has 0 aliphatic rings. The second-order valence-corrected chi connectivity index (χ2v) is 3.66. The maximum atomic E-state index is 12.8. The lowest BCUT2D eigenvalue weighted by molar-refractivity contribution is -0.144. The summed E-state index contributed by atoms with van der Waals surface area (Å²) in [5.74, 6) is -1.07. The Morgan fingerprint density at radius 3 is 2.06 bits per heavy atom. The minimum Gasteiger partial charge on any atom is -0.324 e. The van der Waals surface area contributed by atoms with Crippen molar-refractivity contribution >= 4 is 0 Å². The third kappa shape index (κ3) is 3.86. The number of benzene rings is 1. The van der Waals surface area contributed by atoms with Crippen LogP contribution in [0.2, 0.25) is 0 Å².